The third-order valence-corrected chi connectivity index (χ3v) is 9.96. The molecule has 2 unspecified atom stereocenters. The Bertz CT molecular complexity index is 582. The Morgan fingerprint density at radius 3 is 1.02 bits per heavy atom. The number of carboxylic acid groups (broad SMARTS) is 2. The van der Waals surface area contributed by atoms with Crippen LogP contribution in [0.25, 0.3) is 0 Å². The highest BCUT2D eigenvalue weighted by atomic mass is 16.4. The Kier molecular flexibility index (Phi) is 28.0. The molecule has 0 radical (unpaired) electrons. The van der Waals surface area contributed by atoms with E-state index >= 15 is 0 Å². The first-order chi connectivity index (χ1) is 20.4. The molecule has 0 spiro atoms. The minimum atomic E-state index is -0.799. The lowest BCUT2D eigenvalue weighted by molar-refractivity contribution is -0.161. The Balaban J connectivity index is 6.01. The molecule has 0 bridgehead atoms. The van der Waals surface area contributed by atoms with Crippen LogP contribution in [0, 0.1) is 17.3 Å². The SMILES string of the molecule is CCCCCCCCCC(CCCCCC)C(CCCC(=O)O)(C(=O)O)C(CCCCCC)CCCCCCCCC. The van der Waals surface area contributed by atoms with Crippen LogP contribution >= 0.6 is 0 Å². The summed E-state index contributed by atoms with van der Waals surface area (Å²) in [5.74, 6) is -1.12. The van der Waals surface area contributed by atoms with Crippen LogP contribution in [0.15, 0.2) is 0 Å². The minimum absolute atomic E-state index is 0.0784. The predicted molar refractivity (Wildman–Crippen MR) is 181 cm³/mol. The van der Waals surface area contributed by atoms with Crippen LogP contribution in [-0.2, 0) is 9.59 Å². The van der Waals surface area contributed by atoms with Gasteiger partial charge in [0.05, 0.1) is 5.41 Å². The lowest BCUT2D eigenvalue weighted by atomic mass is 9.58. The standard InChI is InChI=1S/C38H74O4/c1-5-9-13-17-19-21-25-30-34(28-23-15-11-7-3)38(37(41)42,33-27-32-36(39)40)35(29-24-16-12-8-4)31-26-22-20-18-14-10-6-2/h34-35H,5-33H2,1-4H3,(H,39,40)(H,41,42). The smallest absolute Gasteiger partial charge is 0.310 e. The third kappa shape index (κ3) is 19.3. The van der Waals surface area contributed by atoms with Crippen molar-refractivity contribution in [3.05, 3.63) is 0 Å². The number of hydrogen-bond donors (Lipinski definition) is 2. The zero-order valence-electron chi connectivity index (χ0n) is 28.9. The average molecular weight is 595 g/mol. The zero-order valence-corrected chi connectivity index (χ0v) is 28.9. The summed E-state index contributed by atoms with van der Waals surface area (Å²) in [5.41, 5.74) is -0.793. The fraction of sp³-hybridized carbons (Fsp3) is 0.947. The van der Waals surface area contributed by atoms with Crippen LogP contribution in [0.3, 0.4) is 0 Å². The minimum Gasteiger partial charge on any atom is -0.481 e. The maximum atomic E-state index is 13.6. The lowest BCUT2D eigenvalue weighted by Crippen LogP contribution is -2.45. The maximum Gasteiger partial charge on any atom is 0.310 e. The quantitative estimate of drug-likeness (QED) is 0.0741. The fourth-order valence-electron chi connectivity index (χ4n) is 7.38. The van der Waals surface area contributed by atoms with Crippen molar-refractivity contribution in [2.45, 2.75) is 214 Å². The second-order valence-electron chi connectivity index (χ2n) is 13.5. The van der Waals surface area contributed by atoms with Gasteiger partial charge in [0.25, 0.3) is 0 Å². The van der Waals surface area contributed by atoms with E-state index in [2.05, 4.69) is 27.7 Å². The van der Waals surface area contributed by atoms with Gasteiger partial charge in [0, 0.05) is 6.42 Å². The van der Waals surface area contributed by atoms with Gasteiger partial charge in [-0.15, -0.1) is 0 Å². The molecule has 42 heavy (non-hydrogen) atoms. The topological polar surface area (TPSA) is 74.6 Å². The highest BCUT2D eigenvalue weighted by Crippen LogP contribution is 2.50. The molecular formula is C38H74O4. The van der Waals surface area contributed by atoms with Crippen molar-refractivity contribution < 1.29 is 19.8 Å². The zero-order chi connectivity index (χ0) is 31.3. The normalized spacial score (nSPS) is 14.5. The molecule has 0 aromatic rings. The van der Waals surface area contributed by atoms with Crippen molar-refractivity contribution in [2.75, 3.05) is 0 Å². The van der Waals surface area contributed by atoms with E-state index in [0.29, 0.717) is 12.8 Å². The second kappa shape index (κ2) is 28.7. The van der Waals surface area contributed by atoms with Crippen molar-refractivity contribution in [3.8, 4) is 0 Å². The molecule has 2 atom stereocenters. The molecule has 0 aromatic carbocycles. The fourth-order valence-corrected chi connectivity index (χ4v) is 7.38. The van der Waals surface area contributed by atoms with Crippen molar-refractivity contribution in [2.24, 2.45) is 17.3 Å². The molecule has 0 amide bonds. The van der Waals surface area contributed by atoms with Gasteiger partial charge in [-0.2, -0.15) is 0 Å². The highest BCUT2D eigenvalue weighted by molar-refractivity contribution is 5.76. The Labute approximate surface area is 262 Å². The number of carbonyl (C=O) groups is 2. The van der Waals surface area contributed by atoms with Crippen molar-refractivity contribution in [3.63, 3.8) is 0 Å². The molecule has 0 fully saturated rings. The molecule has 2 N–H and O–H groups in total. The largest absolute Gasteiger partial charge is 0.481 e. The summed E-state index contributed by atoms with van der Waals surface area (Å²) in [7, 11) is 0. The van der Waals surface area contributed by atoms with Gasteiger partial charge >= 0.3 is 11.9 Å². The lowest BCUT2D eigenvalue weighted by Gasteiger charge is -2.44. The van der Waals surface area contributed by atoms with Crippen molar-refractivity contribution in [1.82, 2.24) is 0 Å². The van der Waals surface area contributed by atoms with E-state index in [1.807, 2.05) is 0 Å². The summed E-state index contributed by atoms with van der Waals surface area (Å²) < 4.78 is 0. The highest BCUT2D eigenvalue weighted by Gasteiger charge is 2.49. The van der Waals surface area contributed by atoms with Gasteiger partial charge in [0.2, 0.25) is 0 Å². The van der Waals surface area contributed by atoms with Crippen LogP contribution in [0.2, 0.25) is 0 Å². The van der Waals surface area contributed by atoms with Gasteiger partial charge in [0.15, 0.2) is 0 Å². The van der Waals surface area contributed by atoms with Gasteiger partial charge in [-0.3, -0.25) is 9.59 Å². The average Bonchev–Trinajstić information content (AvgIpc) is 2.96. The van der Waals surface area contributed by atoms with E-state index in [1.54, 1.807) is 0 Å². The monoisotopic (exact) mass is 595 g/mol. The summed E-state index contributed by atoms with van der Waals surface area (Å²) in [6.07, 6.45) is 31.8. The number of unbranched alkanes of at least 4 members (excludes halogenated alkanes) is 18. The Morgan fingerprint density at radius 2 is 0.738 bits per heavy atom. The Morgan fingerprint density at radius 1 is 0.452 bits per heavy atom. The van der Waals surface area contributed by atoms with Crippen LogP contribution in [0.5, 0.6) is 0 Å². The summed E-state index contributed by atoms with van der Waals surface area (Å²) in [5, 5.41) is 20.7. The maximum absolute atomic E-state index is 13.6. The molecule has 0 heterocycles. The molecule has 0 aliphatic carbocycles. The first-order valence-electron chi connectivity index (χ1n) is 18.9. The van der Waals surface area contributed by atoms with Gasteiger partial charge in [-0.05, 0) is 50.4 Å². The number of hydrogen-bond acceptors (Lipinski definition) is 2. The van der Waals surface area contributed by atoms with E-state index in [9.17, 15) is 19.8 Å². The summed E-state index contributed by atoms with van der Waals surface area (Å²) in [6, 6.07) is 0. The summed E-state index contributed by atoms with van der Waals surface area (Å²) in [6.45, 7) is 8.98. The number of rotatable bonds is 33. The van der Waals surface area contributed by atoms with Gasteiger partial charge in [-0.25, -0.2) is 0 Å². The van der Waals surface area contributed by atoms with Crippen molar-refractivity contribution >= 4 is 11.9 Å². The third-order valence-electron chi connectivity index (χ3n) is 9.96. The van der Waals surface area contributed by atoms with Crippen LogP contribution < -0.4 is 0 Å². The summed E-state index contributed by atoms with van der Waals surface area (Å²) in [4.78, 5) is 25.2. The molecule has 250 valence electrons. The van der Waals surface area contributed by atoms with Crippen LogP contribution in [-0.4, -0.2) is 22.2 Å². The molecule has 0 saturated carbocycles. The van der Waals surface area contributed by atoms with E-state index in [1.165, 1.54) is 116 Å². The van der Waals surface area contributed by atoms with Crippen LogP contribution in [0.1, 0.15) is 214 Å². The number of aliphatic carboxylic acids is 2. The van der Waals surface area contributed by atoms with Crippen molar-refractivity contribution in [1.29, 1.82) is 0 Å². The molecule has 0 aromatic heterocycles. The Hall–Kier alpha value is -1.06. The van der Waals surface area contributed by atoms with Gasteiger partial charge in [-0.1, -0.05) is 169 Å². The molecular weight excluding hydrogens is 520 g/mol. The first-order valence-corrected chi connectivity index (χ1v) is 18.9. The molecule has 0 aliphatic heterocycles. The van der Waals surface area contributed by atoms with E-state index in [4.69, 9.17) is 0 Å². The summed E-state index contributed by atoms with van der Waals surface area (Å²) >= 11 is 0. The molecule has 0 saturated heterocycles. The van der Waals surface area contributed by atoms with E-state index < -0.39 is 17.4 Å². The number of carboxylic acids is 2. The molecule has 4 nitrogen and oxygen atoms in total. The molecule has 4 heteroatoms. The van der Waals surface area contributed by atoms with Crippen LogP contribution in [0.4, 0.5) is 0 Å². The second-order valence-corrected chi connectivity index (χ2v) is 13.5. The van der Waals surface area contributed by atoms with E-state index in [-0.39, 0.29) is 18.3 Å². The predicted octanol–water partition coefficient (Wildman–Crippen LogP) is 12.8. The molecule has 0 rings (SSSR count). The first kappa shape index (κ1) is 40.9. The van der Waals surface area contributed by atoms with Gasteiger partial charge < -0.3 is 10.2 Å². The molecule has 0 aliphatic rings. The van der Waals surface area contributed by atoms with E-state index in [0.717, 1.165) is 51.4 Å². The van der Waals surface area contributed by atoms with Gasteiger partial charge in [0.1, 0.15) is 0 Å².